The quantitative estimate of drug-likeness (QED) is 0.437. The minimum Gasteiger partial charge on any atom is -0.464 e. The van der Waals surface area contributed by atoms with Crippen LogP contribution in [0.2, 0.25) is 5.15 Å². The summed E-state index contributed by atoms with van der Waals surface area (Å²) >= 11 is 6.21. The fraction of sp³-hybridized carbons (Fsp3) is 0.208. The summed E-state index contributed by atoms with van der Waals surface area (Å²) in [6.45, 7) is 3.81. The number of rotatable bonds is 5. The Morgan fingerprint density at radius 1 is 1.03 bits per heavy atom. The zero-order valence-corrected chi connectivity index (χ0v) is 20.4. The monoisotopic (exact) mass is 536 g/mol. The van der Waals surface area contributed by atoms with Crippen LogP contribution in [-0.4, -0.2) is 38.8 Å². The van der Waals surface area contributed by atoms with Gasteiger partial charge in [-0.05, 0) is 57.2 Å². The number of ether oxygens (including phenoxy) is 1. The van der Waals surface area contributed by atoms with E-state index in [1.807, 2.05) is 0 Å². The van der Waals surface area contributed by atoms with Crippen LogP contribution in [0.4, 0.5) is 28.6 Å². The highest BCUT2D eigenvalue weighted by atomic mass is 35.5. The molecule has 0 aliphatic heterocycles. The molecule has 0 bridgehead atoms. The van der Waals surface area contributed by atoms with Gasteiger partial charge in [-0.2, -0.15) is 4.90 Å². The molecule has 2 N–H and O–H groups in total. The summed E-state index contributed by atoms with van der Waals surface area (Å²) in [4.78, 5) is 45.9. The van der Waals surface area contributed by atoms with Gasteiger partial charge in [-0.3, -0.25) is 4.79 Å². The Hall–Kier alpha value is -4.19. The van der Waals surface area contributed by atoms with Gasteiger partial charge in [0, 0.05) is 17.7 Å². The van der Waals surface area contributed by atoms with Crippen molar-refractivity contribution in [1.29, 1.82) is 0 Å². The van der Waals surface area contributed by atoms with Gasteiger partial charge in [0.05, 0.1) is 0 Å². The number of aromatic nitrogens is 2. The van der Waals surface area contributed by atoms with Crippen molar-refractivity contribution in [2.75, 3.05) is 4.90 Å². The average Bonchev–Trinajstić information content (AvgIpc) is 2.78. The smallest absolute Gasteiger partial charge is 0.425 e. The third-order valence-electron chi connectivity index (χ3n) is 4.63. The van der Waals surface area contributed by atoms with Gasteiger partial charge in [-0.25, -0.2) is 32.7 Å². The van der Waals surface area contributed by atoms with Crippen LogP contribution in [0.5, 0.6) is 0 Å². The molecule has 0 fully saturated rings. The van der Waals surface area contributed by atoms with Gasteiger partial charge in [0.2, 0.25) is 0 Å². The first-order valence-corrected chi connectivity index (χ1v) is 11.0. The van der Waals surface area contributed by atoms with E-state index in [9.17, 15) is 32.7 Å². The van der Waals surface area contributed by atoms with Gasteiger partial charge in [0.25, 0.3) is 5.91 Å². The first kappa shape index (κ1) is 27.4. The molecule has 0 spiro atoms. The van der Waals surface area contributed by atoms with Crippen LogP contribution in [-0.2, 0) is 11.3 Å². The Morgan fingerprint density at radius 2 is 1.62 bits per heavy atom. The van der Waals surface area contributed by atoms with Crippen molar-refractivity contribution in [3.63, 3.8) is 0 Å². The number of hydrogen-bond donors (Lipinski definition) is 2. The Labute approximate surface area is 213 Å². The highest BCUT2D eigenvalue weighted by molar-refractivity contribution is 6.32. The molecule has 37 heavy (non-hydrogen) atoms. The van der Waals surface area contributed by atoms with Crippen molar-refractivity contribution < 1.29 is 37.4 Å². The number of carboxylic acid groups (broad SMARTS) is 1. The molecule has 3 aromatic rings. The van der Waals surface area contributed by atoms with Crippen molar-refractivity contribution in [2.45, 2.75) is 32.9 Å². The van der Waals surface area contributed by atoms with Crippen LogP contribution in [0.15, 0.2) is 42.5 Å². The third-order valence-corrected chi connectivity index (χ3v) is 4.90. The topological polar surface area (TPSA) is 122 Å². The van der Waals surface area contributed by atoms with Crippen molar-refractivity contribution in [3.8, 4) is 11.3 Å². The van der Waals surface area contributed by atoms with Crippen molar-refractivity contribution >= 4 is 35.5 Å². The van der Waals surface area contributed by atoms with Crippen molar-refractivity contribution in [2.24, 2.45) is 0 Å². The summed E-state index contributed by atoms with van der Waals surface area (Å²) in [5, 5.41) is 11.6. The van der Waals surface area contributed by atoms with Gasteiger partial charge < -0.3 is 15.2 Å². The summed E-state index contributed by atoms with van der Waals surface area (Å²) in [5.41, 5.74) is -2.34. The maximum Gasteiger partial charge on any atom is 0.425 e. The lowest BCUT2D eigenvalue weighted by atomic mass is 10.1. The molecule has 3 amide bonds. The number of nitrogens with one attached hydrogen (secondary N) is 1. The lowest BCUT2D eigenvalue weighted by Gasteiger charge is -2.25. The molecular weight excluding hydrogens is 517 g/mol. The SMILES string of the molecule is CC(C)(C)OC(=O)N(C(=O)O)c1nc(-c2ccc(F)cc2)c(Cl)nc1C(=O)NCc1c(F)cccc1F. The molecule has 0 radical (unpaired) electrons. The molecule has 2 aromatic carbocycles. The van der Waals surface area contributed by atoms with Gasteiger partial charge in [-0.1, -0.05) is 17.7 Å². The second kappa shape index (κ2) is 10.8. The second-order valence-electron chi connectivity index (χ2n) is 8.52. The Bertz CT molecular complexity index is 1340. The Kier molecular flexibility index (Phi) is 8.02. The number of benzene rings is 2. The van der Waals surface area contributed by atoms with Gasteiger partial charge >= 0.3 is 12.2 Å². The molecule has 194 valence electrons. The normalized spacial score (nSPS) is 11.1. The van der Waals surface area contributed by atoms with E-state index in [1.54, 1.807) is 0 Å². The van der Waals surface area contributed by atoms with E-state index >= 15 is 0 Å². The van der Waals surface area contributed by atoms with E-state index in [1.165, 1.54) is 32.9 Å². The lowest BCUT2D eigenvalue weighted by Crippen LogP contribution is -2.42. The minimum absolute atomic E-state index is 0.0419. The highest BCUT2D eigenvalue weighted by Crippen LogP contribution is 2.30. The number of hydrogen-bond acceptors (Lipinski definition) is 6. The number of anilines is 1. The fourth-order valence-corrected chi connectivity index (χ4v) is 3.26. The van der Waals surface area contributed by atoms with E-state index in [4.69, 9.17) is 16.3 Å². The summed E-state index contributed by atoms with van der Waals surface area (Å²) in [6, 6.07) is 7.82. The average molecular weight is 537 g/mol. The molecule has 3 rings (SSSR count). The lowest BCUT2D eigenvalue weighted by molar-refractivity contribution is 0.0580. The van der Waals surface area contributed by atoms with Crippen molar-refractivity contribution in [3.05, 3.63) is 76.3 Å². The number of amides is 3. The summed E-state index contributed by atoms with van der Waals surface area (Å²) in [6.07, 6.45) is -3.28. The molecule has 0 saturated heterocycles. The van der Waals surface area contributed by atoms with Crippen LogP contribution >= 0.6 is 11.6 Å². The molecule has 0 aliphatic rings. The van der Waals surface area contributed by atoms with Gasteiger partial charge in [0.15, 0.2) is 16.7 Å². The molecule has 0 aliphatic carbocycles. The largest absolute Gasteiger partial charge is 0.464 e. The predicted molar refractivity (Wildman–Crippen MR) is 127 cm³/mol. The van der Waals surface area contributed by atoms with E-state index < -0.39 is 69.9 Å². The van der Waals surface area contributed by atoms with Gasteiger partial charge in [0.1, 0.15) is 28.7 Å². The standard InChI is InChI=1S/C24H20ClF3N4O5/c1-24(2,3)37-23(36)32(22(34)35)20-18(21(33)29-11-14-15(27)5-4-6-16(14)28)30-19(25)17(31-20)12-7-9-13(26)10-8-12/h4-10H,11H2,1-3H3,(H,29,33)(H,34,35). The summed E-state index contributed by atoms with van der Waals surface area (Å²) < 4.78 is 46.5. The number of nitrogens with zero attached hydrogens (tertiary/aromatic N) is 3. The van der Waals surface area contributed by atoms with Crippen LogP contribution in [0.25, 0.3) is 11.3 Å². The molecule has 9 nitrogen and oxygen atoms in total. The molecular formula is C24H20ClF3N4O5. The zero-order chi connectivity index (χ0) is 27.5. The predicted octanol–water partition coefficient (Wildman–Crippen LogP) is 5.56. The first-order valence-electron chi connectivity index (χ1n) is 10.6. The maximum atomic E-state index is 14.0. The molecule has 1 heterocycles. The molecule has 0 unspecified atom stereocenters. The van der Waals surface area contributed by atoms with E-state index in [0.717, 1.165) is 30.3 Å². The van der Waals surface area contributed by atoms with Crippen LogP contribution < -0.4 is 10.2 Å². The molecule has 1 aromatic heterocycles. The van der Waals surface area contributed by atoms with E-state index in [0.29, 0.717) is 0 Å². The summed E-state index contributed by atoms with van der Waals surface area (Å²) in [7, 11) is 0. The van der Waals surface area contributed by atoms with Gasteiger partial charge in [-0.15, -0.1) is 0 Å². The fourth-order valence-electron chi connectivity index (χ4n) is 3.02. The van der Waals surface area contributed by atoms with E-state index in [2.05, 4.69) is 15.3 Å². The third kappa shape index (κ3) is 6.53. The number of carbonyl (C=O) groups excluding carboxylic acids is 2. The summed E-state index contributed by atoms with van der Waals surface area (Å²) in [5.74, 6) is -4.38. The first-order chi connectivity index (χ1) is 17.3. The maximum absolute atomic E-state index is 14.0. The van der Waals surface area contributed by atoms with E-state index in [-0.39, 0.29) is 16.2 Å². The highest BCUT2D eigenvalue weighted by Gasteiger charge is 2.35. The molecule has 13 heteroatoms. The second-order valence-corrected chi connectivity index (χ2v) is 8.88. The Balaban J connectivity index is 2.12. The zero-order valence-electron chi connectivity index (χ0n) is 19.7. The number of carbonyl (C=O) groups is 3. The Morgan fingerprint density at radius 3 is 2.16 bits per heavy atom. The number of halogens is 4. The number of imide groups is 1. The van der Waals surface area contributed by atoms with Crippen LogP contribution in [0.1, 0.15) is 36.8 Å². The minimum atomic E-state index is -1.87. The van der Waals surface area contributed by atoms with Crippen LogP contribution in [0.3, 0.4) is 0 Å². The molecule has 0 atom stereocenters. The van der Waals surface area contributed by atoms with Crippen LogP contribution in [0, 0.1) is 17.5 Å². The van der Waals surface area contributed by atoms with Crippen molar-refractivity contribution in [1.82, 2.24) is 15.3 Å². The molecule has 0 saturated carbocycles.